The molecule has 11 rings (SSSR count). The number of rotatable bonds is 7. The Kier molecular flexibility index (Phi) is 9.28. The first-order chi connectivity index (χ1) is 31.1. The van der Waals surface area contributed by atoms with Crippen LogP contribution in [0.5, 0.6) is 0 Å². The fourth-order valence-corrected chi connectivity index (χ4v) is 9.30. The van der Waals surface area contributed by atoms with Crippen LogP contribution in [-0.2, 0) is 0 Å². The highest BCUT2D eigenvalue weighted by atomic mass is 15.1. The smallest absolute Gasteiger partial charge is 0.0991 e. The van der Waals surface area contributed by atoms with Crippen LogP contribution in [0, 0.1) is 22.7 Å². The van der Waals surface area contributed by atoms with E-state index in [4.69, 9.17) is 0 Å². The van der Waals surface area contributed by atoms with Gasteiger partial charge in [-0.15, -0.1) is 0 Å². The van der Waals surface area contributed by atoms with E-state index in [2.05, 4.69) is 193 Å². The summed E-state index contributed by atoms with van der Waals surface area (Å²) in [5.41, 5.74) is 13.5. The van der Waals surface area contributed by atoms with Crippen LogP contribution in [-0.4, -0.2) is 0 Å². The van der Waals surface area contributed by atoms with Gasteiger partial charge in [-0.25, -0.2) is 0 Å². The van der Waals surface area contributed by atoms with E-state index in [1.807, 2.05) is 48.5 Å². The average Bonchev–Trinajstić information content (AvgIpc) is 3.36. The third-order valence-electron chi connectivity index (χ3n) is 12.3. The Labute approximate surface area is 366 Å². The Balaban J connectivity index is 1.02. The maximum Gasteiger partial charge on any atom is 0.0991 e. The van der Waals surface area contributed by atoms with Crippen LogP contribution >= 0.6 is 0 Å². The van der Waals surface area contributed by atoms with E-state index in [9.17, 15) is 10.5 Å². The van der Waals surface area contributed by atoms with Gasteiger partial charge in [-0.3, -0.25) is 0 Å². The average molecular weight is 800 g/mol. The summed E-state index contributed by atoms with van der Waals surface area (Å²) in [6, 6.07) is 83.6. The van der Waals surface area contributed by atoms with Gasteiger partial charge in [0.1, 0.15) is 0 Å². The van der Waals surface area contributed by atoms with E-state index in [1.165, 1.54) is 65.3 Å². The molecule has 0 spiro atoms. The minimum atomic E-state index is 0.602. The Hall–Kier alpha value is -8.76. The molecule has 3 heteroatoms. The fraction of sp³-hybridized carbons (Fsp3) is 0. The number of hydrogen-bond donors (Lipinski definition) is 0. The predicted molar refractivity (Wildman–Crippen MR) is 262 cm³/mol. The van der Waals surface area contributed by atoms with Crippen molar-refractivity contribution >= 4 is 60.2 Å². The van der Waals surface area contributed by atoms with E-state index in [0.29, 0.717) is 11.1 Å². The lowest BCUT2D eigenvalue weighted by Crippen LogP contribution is -2.09. The van der Waals surface area contributed by atoms with Crippen LogP contribution in [0.3, 0.4) is 0 Å². The maximum absolute atomic E-state index is 9.43. The minimum Gasteiger partial charge on any atom is -0.311 e. The summed E-state index contributed by atoms with van der Waals surface area (Å²) in [6.07, 6.45) is 0. The third-order valence-corrected chi connectivity index (χ3v) is 12.3. The number of nitrogens with zero attached hydrogens (tertiary/aromatic N) is 3. The monoisotopic (exact) mass is 799 g/mol. The molecule has 0 unspecified atom stereocenters. The predicted octanol–water partition coefficient (Wildman–Crippen LogP) is 16.2. The topological polar surface area (TPSA) is 50.8 Å². The highest BCUT2D eigenvalue weighted by Crippen LogP contribution is 2.47. The van der Waals surface area contributed by atoms with Gasteiger partial charge in [-0.05, 0) is 154 Å². The molecule has 0 fully saturated rings. The van der Waals surface area contributed by atoms with Gasteiger partial charge >= 0.3 is 0 Å². The van der Waals surface area contributed by atoms with Gasteiger partial charge < -0.3 is 4.90 Å². The molecule has 0 aliphatic rings. The van der Waals surface area contributed by atoms with Crippen LogP contribution in [0.4, 0.5) is 17.1 Å². The van der Waals surface area contributed by atoms with E-state index >= 15 is 0 Å². The summed E-state index contributed by atoms with van der Waals surface area (Å²) in [6.45, 7) is 0. The molecule has 0 saturated carbocycles. The summed E-state index contributed by atoms with van der Waals surface area (Å²) in [5, 5.41) is 28.7. The van der Waals surface area contributed by atoms with Crippen molar-refractivity contribution in [3.8, 4) is 56.6 Å². The SMILES string of the molecule is N#Cc1ccc(N(c2ccc(C#N)cc2)c2ccc(-c3ccc(-c4ccc5c(-c6cccc7ccccc67)c6ccccc6c(-c6cccc7ccccc67)c5c4)cc3)cc2)cc1. The standard InChI is InChI=1S/C60H37N3/c61-38-40-19-30-48(31-20-40)63(49-32-21-41(39-62)22-33-49)50-34-27-43(28-35-50)42-23-25-44(26-24-42)47-29-36-57-58(37-47)60(54-18-8-12-46-10-2-4-14-52(46)54)56-16-6-5-15-55(56)59(57)53-17-7-11-45-9-1-3-13-51(45)53/h1-37H. The summed E-state index contributed by atoms with van der Waals surface area (Å²) in [7, 11) is 0. The number of hydrogen-bond acceptors (Lipinski definition) is 3. The molecule has 63 heavy (non-hydrogen) atoms. The molecular formula is C60H37N3. The van der Waals surface area contributed by atoms with Gasteiger partial charge in [0.25, 0.3) is 0 Å². The van der Waals surface area contributed by atoms with Gasteiger partial charge in [0, 0.05) is 17.1 Å². The van der Waals surface area contributed by atoms with E-state index in [0.717, 1.165) is 39.3 Å². The van der Waals surface area contributed by atoms with Crippen LogP contribution in [0.15, 0.2) is 224 Å². The molecule has 0 aromatic heterocycles. The van der Waals surface area contributed by atoms with Crippen molar-refractivity contribution in [2.24, 2.45) is 0 Å². The first-order valence-electron chi connectivity index (χ1n) is 21.1. The Morgan fingerprint density at radius 1 is 0.286 bits per heavy atom. The van der Waals surface area contributed by atoms with Gasteiger partial charge in [0.2, 0.25) is 0 Å². The second-order valence-electron chi connectivity index (χ2n) is 15.9. The quantitative estimate of drug-likeness (QED) is 0.151. The summed E-state index contributed by atoms with van der Waals surface area (Å²) >= 11 is 0. The van der Waals surface area contributed by atoms with Crippen molar-refractivity contribution in [1.82, 2.24) is 0 Å². The maximum atomic E-state index is 9.43. The Morgan fingerprint density at radius 3 is 1.11 bits per heavy atom. The molecular weight excluding hydrogens is 763 g/mol. The molecule has 0 aliphatic carbocycles. The second kappa shape index (κ2) is 15.7. The molecule has 0 N–H and O–H groups in total. The molecule has 0 saturated heterocycles. The highest BCUT2D eigenvalue weighted by molar-refractivity contribution is 6.25. The molecule has 0 atom stereocenters. The van der Waals surface area contributed by atoms with E-state index in [-0.39, 0.29) is 0 Å². The zero-order valence-electron chi connectivity index (χ0n) is 34.2. The van der Waals surface area contributed by atoms with Crippen molar-refractivity contribution in [3.05, 3.63) is 236 Å². The van der Waals surface area contributed by atoms with Gasteiger partial charge in [0.15, 0.2) is 0 Å². The molecule has 0 radical (unpaired) electrons. The molecule has 0 amide bonds. The lowest BCUT2D eigenvalue weighted by molar-refractivity contribution is 1.28. The molecule has 11 aromatic carbocycles. The zero-order chi connectivity index (χ0) is 42.3. The number of benzene rings is 11. The first kappa shape index (κ1) is 37.3. The minimum absolute atomic E-state index is 0.602. The fourth-order valence-electron chi connectivity index (χ4n) is 9.30. The van der Waals surface area contributed by atoms with Crippen molar-refractivity contribution in [2.75, 3.05) is 4.90 Å². The van der Waals surface area contributed by atoms with Gasteiger partial charge in [0.05, 0.1) is 23.3 Å². The summed E-state index contributed by atoms with van der Waals surface area (Å²) in [4.78, 5) is 2.14. The molecule has 0 aliphatic heterocycles. The molecule has 3 nitrogen and oxygen atoms in total. The van der Waals surface area contributed by atoms with Crippen LogP contribution in [0.25, 0.3) is 87.6 Å². The van der Waals surface area contributed by atoms with Gasteiger partial charge in [-0.2, -0.15) is 10.5 Å². The normalized spacial score (nSPS) is 11.1. The van der Waals surface area contributed by atoms with Crippen molar-refractivity contribution < 1.29 is 0 Å². The number of fused-ring (bicyclic) bond motifs is 4. The van der Waals surface area contributed by atoms with E-state index < -0.39 is 0 Å². The number of nitriles is 2. The molecule has 0 bridgehead atoms. The Bertz CT molecular complexity index is 3540. The van der Waals surface area contributed by atoms with Crippen LogP contribution in [0.1, 0.15) is 11.1 Å². The first-order valence-corrected chi connectivity index (χ1v) is 21.1. The zero-order valence-corrected chi connectivity index (χ0v) is 34.2. The van der Waals surface area contributed by atoms with Crippen LogP contribution < -0.4 is 4.90 Å². The molecule has 292 valence electrons. The molecule has 0 heterocycles. The number of anilines is 3. The second-order valence-corrected chi connectivity index (χ2v) is 15.9. The van der Waals surface area contributed by atoms with Crippen LogP contribution in [0.2, 0.25) is 0 Å². The summed E-state index contributed by atoms with van der Waals surface area (Å²) in [5.74, 6) is 0. The lowest BCUT2D eigenvalue weighted by atomic mass is 9.83. The van der Waals surface area contributed by atoms with E-state index in [1.54, 1.807) is 0 Å². The Morgan fingerprint density at radius 2 is 0.635 bits per heavy atom. The van der Waals surface area contributed by atoms with Gasteiger partial charge in [-0.1, -0.05) is 158 Å². The highest BCUT2D eigenvalue weighted by Gasteiger charge is 2.20. The lowest BCUT2D eigenvalue weighted by Gasteiger charge is -2.25. The van der Waals surface area contributed by atoms with Crippen molar-refractivity contribution in [1.29, 1.82) is 10.5 Å². The van der Waals surface area contributed by atoms with Crippen molar-refractivity contribution in [3.63, 3.8) is 0 Å². The molecule has 11 aromatic rings. The summed E-state index contributed by atoms with van der Waals surface area (Å²) < 4.78 is 0. The third kappa shape index (κ3) is 6.63. The largest absolute Gasteiger partial charge is 0.311 e. The van der Waals surface area contributed by atoms with Crippen molar-refractivity contribution in [2.45, 2.75) is 0 Å².